The first kappa shape index (κ1) is 9.71. The van der Waals surface area contributed by atoms with E-state index in [2.05, 4.69) is 4.98 Å². The van der Waals surface area contributed by atoms with Crippen LogP contribution in [-0.4, -0.2) is 22.2 Å². The largest absolute Gasteiger partial charge is 0.491 e. The maximum absolute atomic E-state index is 8.86. The molecule has 0 fully saturated rings. The lowest BCUT2D eigenvalue weighted by Crippen LogP contribution is -2.33. The van der Waals surface area contributed by atoms with E-state index in [9.17, 15) is 0 Å². The van der Waals surface area contributed by atoms with Gasteiger partial charge in [-0.3, -0.25) is 0 Å². The molecule has 1 aromatic heterocycles. The summed E-state index contributed by atoms with van der Waals surface area (Å²) in [4.78, 5) is 3.95. The lowest BCUT2D eigenvalue weighted by molar-refractivity contribution is 0.425. The van der Waals surface area contributed by atoms with Crippen LogP contribution in [0.5, 0.6) is 0 Å². The van der Waals surface area contributed by atoms with Crippen molar-refractivity contribution in [1.82, 2.24) is 4.98 Å². The molecule has 1 rings (SSSR count). The third kappa shape index (κ3) is 2.05. The van der Waals surface area contributed by atoms with E-state index in [-0.39, 0.29) is 11.2 Å². The zero-order valence-corrected chi connectivity index (χ0v) is 7.23. The number of rotatable bonds is 2. The zero-order chi connectivity index (χ0) is 9.84. The lowest BCUT2D eigenvalue weighted by atomic mass is 9.79. The summed E-state index contributed by atoms with van der Waals surface area (Å²) in [7, 11) is -1.63. The minimum Gasteiger partial charge on any atom is -0.423 e. The van der Waals surface area contributed by atoms with Crippen molar-refractivity contribution in [2.45, 2.75) is 13.3 Å². The second-order valence-corrected chi connectivity index (χ2v) is 2.58. The molecule has 66 valence electrons. The van der Waals surface area contributed by atoms with Crippen molar-refractivity contribution in [3.63, 3.8) is 0 Å². The third-order valence-corrected chi connectivity index (χ3v) is 1.73. The van der Waals surface area contributed by atoms with E-state index < -0.39 is 7.12 Å². The van der Waals surface area contributed by atoms with Crippen molar-refractivity contribution in [1.29, 1.82) is 5.26 Å². The van der Waals surface area contributed by atoms with Gasteiger partial charge in [0.15, 0.2) is 0 Å². The Bertz CT molecular complexity index is 346. The number of aryl methyl sites for hydroxylation is 1. The van der Waals surface area contributed by atoms with Gasteiger partial charge in [0.25, 0.3) is 0 Å². The van der Waals surface area contributed by atoms with E-state index in [4.69, 9.17) is 15.3 Å². The first-order valence-corrected chi connectivity index (χ1v) is 3.95. The van der Waals surface area contributed by atoms with Crippen LogP contribution in [-0.2, 0) is 6.42 Å². The minimum atomic E-state index is -1.63. The van der Waals surface area contributed by atoms with Crippen LogP contribution in [0.2, 0.25) is 0 Å². The van der Waals surface area contributed by atoms with Crippen LogP contribution in [0.4, 0.5) is 0 Å². The van der Waals surface area contributed by atoms with Crippen LogP contribution in [0, 0.1) is 11.3 Å². The Morgan fingerprint density at radius 3 is 2.69 bits per heavy atom. The smallest absolute Gasteiger partial charge is 0.423 e. The van der Waals surface area contributed by atoms with Gasteiger partial charge in [-0.2, -0.15) is 5.26 Å². The highest BCUT2D eigenvalue weighted by Gasteiger charge is 2.16. The second-order valence-electron chi connectivity index (χ2n) is 2.58. The number of nitriles is 1. The average Bonchev–Trinajstić information content (AvgIpc) is 2.16. The van der Waals surface area contributed by atoms with Gasteiger partial charge in [0.1, 0.15) is 11.8 Å². The van der Waals surface area contributed by atoms with Crippen LogP contribution in [0.1, 0.15) is 18.3 Å². The molecule has 4 nitrogen and oxygen atoms in total. The van der Waals surface area contributed by atoms with Gasteiger partial charge < -0.3 is 10.0 Å². The van der Waals surface area contributed by atoms with Crippen molar-refractivity contribution in [3.05, 3.63) is 23.5 Å². The number of pyridine rings is 1. The summed E-state index contributed by atoms with van der Waals surface area (Å²) in [6.45, 7) is 1.92. The second kappa shape index (κ2) is 4.03. The van der Waals surface area contributed by atoms with Gasteiger partial charge in [0.05, 0.1) is 0 Å². The Labute approximate surface area is 76.6 Å². The normalized spacial score (nSPS) is 9.38. The van der Waals surface area contributed by atoms with Crippen LogP contribution in [0.25, 0.3) is 0 Å². The first-order valence-electron chi connectivity index (χ1n) is 3.95. The van der Waals surface area contributed by atoms with Crippen molar-refractivity contribution >= 4 is 12.6 Å². The van der Waals surface area contributed by atoms with E-state index >= 15 is 0 Å². The van der Waals surface area contributed by atoms with Crippen LogP contribution in [0.3, 0.4) is 0 Å². The molecular formula is C8H9BN2O2. The van der Waals surface area contributed by atoms with Crippen molar-refractivity contribution in [2.75, 3.05) is 0 Å². The maximum Gasteiger partial charge on any atom is 0.491 e. The van der Waals surface area contributed by atoms with E-state index in [1.807, 2.05) is 13.0 Å². The van der Waals surface area contributed by atoms with Gasteiger partial charge in [-0.25, -0.2) is 4.98 Å². The molecule has 1 aromatic rings. The monoisotopic (exact) mass is 176 g/mol. The molecule has 0 saturated heterocycles. The molecule has 0 spiro atoms. The predicted octanol–water partition coefficient (Wildman–Crippen LogP) is -0.805. The summed E-state index contributed by atoms with van der Waals surface area (Å²) in [6.07, 6.45) is 0.719. The van der Waals surface area contributed by atoms with Crippen LogP contribution >= 0.6 is 0 Å². The van der Waals surface area contributed by atoms with Gasteiger partial charge in [-0.1, -0.05) is 13.0 Å². The molecule has 0 radical (unpaired) electrons. The number of aromatic nitrogens is 1. The highest BCUT2D eigenvalue weighted by molar-refractivity contribution is 6.59. The molecule has 1 heterocycles. The fourth-order valence-corrected chi connectivity index (χ4v) is 1.01. The van der Waals surface area contributed by atoms with Crippen molar-refractivity contribution in [3.8, 4) is 6.07 Å². The molecule has 13 heavy (non-hydrogen) atoms. The van der Waals surface area contributed by atoms with E-state index in [0.29, 0.717) is 0 Å². The van der Waals surface area contributed by atoms with Crippen molar-refractivity contribution < 1.29 is 10.0 Å². The van der Waals surface area contributed by atoms with Crippen LogP contribution in [0.15, 0.2) is 12.1 Å². The van der Waals surface area contributed by atoms with Gasteiger partial charge in [-0.15, -0.1) is 0 Å². The van der Waals surface area contributed by atoms with E-state index in [1.54, 1.807) is 6.07 Å². The summed E-state index contributed by atoms with van der Waals surface area (Å²) >= 11 is 0. The number of hydrogen-bond acceptors (Lipinski definition) is 4. The van der Waals surface area contributed by atoms with Gasteiger partial charge in [0.2, 0.25) is 0 Å². The van der Waals surface area contributed by atoms with Gasteiger partial charge in [-0.05, 0) is 12.5 Å². The number of nitrogens with zero attached hydrogens (tertiary/aromatic N) is 2. The Morgan fingerprint density at radius 1 is 1.54 bits per heavy atom. The van der Waals surface area contributed by atoms with Gasteiger partial charge >= 0.3 is 7.12 Å². The summed E-state index contributed by atoms with van der Waals surface area (Å²) in [5, 5.41) is 26.4. The Morgan fingerprint density at radius 2 is 2.23 bits per heavy atom. The molecule has 0 aliphatic heterocycles. The fourth-order valence-electron chi connectivity index (χ4n) is 1.01. The first-order chi connectivity index (χ1) is 6.19. The SMILES string of the molecule is CCc1ccc(B(O)O)c(C#N)n1. The molecule has 0 atom stereocenters. The molecule has 0 aliphatic carbocycles. The summed E-state index contributed by atoms with van der Waals surface area (Å²) in [6, 6.07) is 5.01. The van der Waals surface area contributed by atoms with E-state index in [1.165, 1.54) is 6.07 Å². The summed E-state index contributed by atoms with van der Waals surface area (Å²) < 4.78 is 0. The molecule has 0 aliphatic rings. The topological polar surface area (TPSA) is 77.1 Å². The fraction of sp³-hybridized carbons (Fsp3) is 0.250. The Kier molecular flexibility index (Phi) is 3.01. The van der Waals surface area contributed by atoms with Gasteiger partial charge in [0, 0.05) is 11.2 Å². The maximum atomic E-state index is 8.86. The summed E-state index contributed by atoms with van der Waals surface area (Å²) in [5.74, 6) is 0. The Hall–Kier alpha value is -1.38. The Balaban J connectivity index is 3.18. The molecule has 0 bridgehead atoms. The molecule has 5 heteroatoms. The molecule has 0 unspecified atom stereocenters. The third-order valence-electron chi connectivity index (χ3n) is 1.73. The quantitative estimate of drug-likeness (QED) is 0.578. The average molecular weight is 176 g/mol. The minimum absolute atomic E-state index is 0.0781. The number of hydrogen-bond donors (Lipinski definition) is 2. The predicted molar refractivity (Wildman–Crippen MR) is 48.2 cm³/mol. The standard InChI is InChI=1S/C8H9BN2O2/c1-2-6-3-4-7(9(12)13)8(5-10)11-6/h3-4,12-13H,2H2,1H3. The highest BCUT2D eigenvalue weighted by atomic mass is 16.4. The molecule has 0 amide bonds. The molecule has 0 saturated carbocycles. The lowest BCUT2D eigenvalue weighted by Gasteiger charge is -2.02. The van der Waals surface area contributed by atoms with Crippen molar-refractivity contribution in [2.24, 2.45) is 0 Å². The van der Waals surface area contributed by atoms with E-state index in [0.717, 1.165) is 12.1 Å². The molecule has 0 aromatic carbocycles. The molecule has 2 N–H and O–H groups in total. The highest BCUT2D eigenvalue weighted by Crippen LogP contribution is 1.97. The zero-order valence-electron chi connectivity index (χ0n) is 7.23. The summed E-state index contributed by atoms with van der Waals surface area (Å²) in [5.41, 5.74) is 0.995. The van der Waals surface area contributed by atoms with Crippen LogP contribution < -0.4 is 5.46 Å². The molecular weight excluding hydrogens is 167 g/mol.